The van der Waals surface area contributed by atoms with Gasteiger partial charge in [-0.25, -0.2) is 4.79 Å². The van der Waals surface area contributed by atoms with Crippen LogP contribution in [0.1, 0.15) is 31.2 Å². The molecule has 0 fully saturated rings. The fourth-order valence-corrected chi connectivity index (χ4v) is 2.90. The maximum absolute atomic E-state index is 12.2. The highest BCUT2D eigenvalue weighted by molar-refractivity contribution is 8.12. The van der Waals surface area contributed by atoms with Crippen molar-refractivity contribution >= 4 is 35.0 Å². The van der Waals surface area contributed by atoms with Crippen LogP contribution >= 0.6 is 11.8 Å². The number of carbonyl (C=O) groups is 3. The van der Waals surface area contributed by atoms with Gasteiger partial charge in [0.05, 0.1) is 0 Å². The van der Waals surface area contributed by atoms with E-state index in [9.17, 15) is 14.4 Å². The maximum Gasteiger partial charge on any atom is 0.329 e. The molecule has 6 nitrogen and oxygen atoms in total. The minimum absolute atomic E-state index is 0.0328. The smallest absolute Gasteiger partial charge is 0.329 e. The Morgan fingerprint density at radius 1 is 1.26 bits per heavy atom. The molecule has 0 aliphatic heterocycles. The van der Waals surface area contributed by atoms with Crippen LogP contribution in [0.15, 0.2) is 48.0 Å². The number of esters is 1. The van der Waals surface area contributed by atoms with Crippen LogP contribution in [-0.2, 0) is 24.9 Å². The minimum atomic E-state index is -0.853. The molecule has 0 unspecified atom stereocenters. The molecule has 0 saturated carbocycles. The Balaban J connectivity index is 2.52. The third-order valence-corrected chi connectivity index (χ3v) is 4.56. The lowest BCUT2D eigenvalue weighted by atomic mass is 10.1. The zero-order valence-corrected chi connectivity index (χ0v) is 16.4. The summed E-state index contributed by atoms with van der Waals surface area (Å²) in [5.41, 5.74) is 1.06. The van der Waals surface area contributed by atoms with E-state index >= 15 is 0 Å². The lowest BCUT2D eigenvalue weighted by Crippen LogP contribution is -2.42. The van der Waals surface area contributed by atoms with Gasteiger partial charge < -0.3 is 10.1 Å². The average Bonchev–Trinajstić information content (AvgIpc) is 2.68. The molecule has 1 atom stereocenters. The monoisotopic (exact) mass is 390 g/mol. The number of allylic oxidation sites excluding steroid dienone is 1. The number of aliphatic imine (C=N–C) groups is 1. The molecule has 146 valence electrons. The van der Waals surface area contributed by atoms with E-state index in [0.717, 1.165) is 5.56 Å². The van der Waals surface area contributed by atoms with E-state index < -0.39 is 12.0 Å². The molecule has 0 spiro atoms. The number of hydrogen-bond acceptors (Lipinski definition) is 6. The van der Waals surface area contributed by atoms with Gasteiger partial charge >= 0.3 is 5.97 Å². The van der Waals surface area contributed by atoms with Gasteiger partial charge in [0, 0.05) is 31.9 Å². The Morgan fingerprint density at radius 2 is 2.00 bits per heavy atom. The Labute approximate surface area is 164 Å². The second-order valence-electron chi connectivity index (χ2n) is 5.70. The molecule has 27 heavy (non-hydrogen) atoms. The van der Waals surface area contributed by atoms with Crippen LogP contribution in [0.25, 0.3) is 0 Å². The third-order valence-electron chi connectivity index (χ3n) is 3.56. The van der Waals surface area contributed by atoms with E-state index in [1.165, 1.54) is 18.0 Å². The molecule has 0 aliphatic rings. The summed E-state index contributed by atoms with van der Waals surface area (Å²) in [5, 5.41) is 2.61. The molecule has 1 N–H and O–H groups in total. The van der Waals surface area contributed by atoms with Crippen molar-refractivity contribution in [1.29, 1.82) is 0 Å². The Hall–Kier alpha value is -2.41. The first-order valence-electron chi connectivity index (χ1n) is 8.74. The van der Waals surface area contributed by atoms with E-state index in [2.05, 4.69) is 16.9 Å². The van der Waals surface area contributed by atoms with Gasteiger partial charge in [0.2, 0.25) is 5.91 Å². The second kappa shape index (κ2) is 13.7. The van der Waals surface area contributed by atoms with E-state index in [1.807, 2.05) is 30.3 Å². The summed E-state index contributed by atoms with van der Waals surface area (Å²) in [5.74, 6) is -0.263. The molecule has 1 rings (SSSR count). The second-order valence-corrected chi connectivity index (χ2v) is 6.74. The van der Waals surface area contributed by atoms with E-state index in [4.69, 9.17) is 4.74 Å². The van der Waals surface area contributed by atoms with Crippen molar-refractivity contribution in [1.82, 2.24) is 5.32 Å². The zero-order valence-electron chi connectivity index (χ0n) is 15.6. The number of amides is 1. The van der Waals surface area contributed by atoms with Crippen molar-refractivity contribution in [2.45, 2.75) is 37.5 Å². The molecular formula is C20H26N2O4S. The van der Waals surface area contributed by atoms with Crippen molar-refractivity contribution in [2.24, 2.45) is 4.99 Å². The Morgan fingerprint density at radius 3 is 2.67 bits per heavy atom. The molecule has 1 aromatic carbocycles. The zero-order chi connectivity index (χ0) is 19.9. The Kier molecular flexibility index (Phi) is 11.5. The summed E-state index contributed by atoms with van der Waals surface area (Å²) in [6.45, 7) is 3.60. The largest absolute Gasteiger partial charge is 0.458 e. The van der Waals surface area contributed by atoms with Gasteiger partial charge in [0.15, 0.2) is 5.12 Å². The van der Waals surface area contributed by atoms with Crippen LogP contribution in [0.2, 0.25) is 0 Å². The van der Waals surface area contributed by atoms with Crippen LogP contribution < -0.4 is 5.32 Å². The molecule has 7 heteroatoms. The van der Waals surface area contributed by atoms with Crippen LogP contribution in [0.3, 0.4) is 0 Å². The van der Waals surface area contributed by atoms with Gasteiger partial charge in [-0.3, -0.25) is 14.6 Å². The van der Waals surface area contributed by atoms with Gasteiger partial charge in [0.25, 0.3) is 0 Å². The molecule has 0 aromatic heterocycles. The molecule has 0 radical (unpaired) electrons. The maximum atomic E-state index is 12.2. The number of nitrogens with zero attached hydrogens (tertiary/aromatic N) is 1. The Bertz CT molecular complexity index is 647. The first-order valence-corrected chi connectivity index (χ1v) is 9.72. The lowest BCUT2D eigenvalue weighted by molar-refractivity contribution is -0.146. The summed E-state index contributed by atoms with van der Waals surface area (Å²) < 4.78 is 5.07. The van der Waals surface area contributed by atoms with Gasteiger partial charge in [-0.15, -0.1) is 6.58 Å². The van der Waals surface area contributed by atoms with Crippen LogP contribution in [0, 0.1) is 0 Å². The van der Waals surface area contributed by atoms with Crippen LogP contribution in [0.4, 0.5) is 0 Å². The molecule has 0 saturated heterocycles. The van der Waals surface area contributed by atoms with E-state index in [1.54, 1.807) is 13.1 Å². The number of thioether (sulfide) groups is 1. The van der Waals surface area contributed by atoms with Crippen molar-refractivity contribution < 1.29 is 19.1 Å². The highest BCUT2D eigenvalue weighted by Crippen LogP contribution is 2.16. The van der Waals surface area contributed by atoms with Gasteiger partial charge in [-0.1, -0.05) is 48.2 Å². The summed E-state index contributed by atoms with van der Waals surface area (Å²) in [6, 6.07) is 8.82. The summed E-state index contributed by atoms with van der Waals surface area (Å²) in [7, 11) is 1.57. The fourth-order valence-electron chi connectivity index (χ4n) is 2.12. The number of hydrogen-bond donors (Lipinski definition) is 1. The molecule has 0 heterocycles. The summed E-state index contributed by atoms with van der Waals surface area (Å²) >= 11 is 1.20. The number of rotatable bonds is 12. The topological polar surface area (TPSA) is 84.8 Å². The highest BCUT2D eigenvalue weighted by atomic mass is 32.2. The first-order chi connectivity index (χ1) is 13.1. The number of benzene rings is 1. The molecule has 0 aliphatic carbocycles. The lowest BCUT2D eigenvalue weighted by Gasteiger charge is -2.16. The van der Waals surface area contributed by atoms with Gasteiger partial charge in [0.1, 0.15) is 12.6 Å². The highest BCUT2D eigenvalue weighted by Gasteiger charge is 2.23. The SMILES string of the molecule is C=CCCC(=O)N[C@@H](CCC(=O)SCc1ccccc1)C(=O)OC/C=N/C. The van der Waals surface area contributed by atoms with Crippen molar-refractivity contribution in [3.05, 3.63) is 48.6 Å². The number of ether oxygens (including phenoxy) is 1. The average molecular weight is 391 g/mol. The van der Waals surface area contributed by atoms with Crippen LogP contribution in [0.5, 0.6) is 0 Å². The van der Waals surface area contributed by atoms with Gasteiger partial charge in [-0.2, -0.15) is 0 Å². The van der Waals surface area contributed by atoms with Crippen molar-refractivity contribution in [3.8, 4) is 0 Å². The predicted octanol–water partition coefficient (Wildman–Crippen LogP) is 2.92. The molecule has 1 aromatic rings. The fraction of sp³-hybridized carbons (Fsp3) is 0.400. The first kappa shape index (κ1) is 22.6. The van der Waals surface area contributed by atoms with Crippen molar-refractivity contribution in [3.63, 3.8) is 0 Å². The quantitative estimate of drug-likeness (QED) is 0.337. The predicted molar refractivity (Wildman–Crippen MR) is 109 cm³/mol. The van der Waals surface area contributed by atoms with E-state index in [-0.39, 0.29) is 36.9 Å². The third kappa shape index (κ3) is 10.4. The number of nitrogens with one attached hydrogen (secondary N) is 1. The minimum Gasteiger partial charge on any atom is -0.458 e. The van der Waals surface area contributed by atoms with Crippen LogP contribution in [-0.4, -0.2) is 42.9 Å². The standard InChI is InChI=1S/C20H26N2O4S/c1-3-4-10-18(23)22-17(20(25)26-14-13-21-2)11-12-19(24)27-15-16-8-6-5-7-9-16/h3,5-9,13,17H,1,4,10-12,14-15H2,2H3,(H,22,23)/b21-13+/t17-/m0/s1. The van der Waals surface area contributed by atoms with Gasteiger partial charge in [-0.05, 0) is 18.4 Å². The molecule has 0 bridgehead atoms. The molecule has 1 amide bonds. The molecular weight excluding hydrogens is 364 g/mol. The summed E-state index contributed by atoms with van der Waals surface area (Å²) in [6.07, 6.45) is 4.20. The number of carbonyl (C=O) groups excluding carboxylic acids is 3. The van der Waals surface area contributed by atoms with Crippen molar-refractivity contribution in [2.75, 3.05) is 13.7 Å². The normalized spacial score (nSPS) is 11.7. The summed E-state index contributed by atoms with van der Waals surface area (Å²) in [4.78, 5) is 40.0. The van der Waals surface area contributed by atoms with E-state index in [0.29, 0.717) is 12.2 Å².